The molecule has 0 aliphatic heterocycles. The minimum atomic E-state index is -1.66. The molecule has 0 aliphatic carbocycles. The summed E-state index contributed by atoms with van der Waals surface area (Å²) < 4.78 is 6.36. The zero-order valence-corrected chi connectivity index (χ0v) is 39.9. The van der Waals surface area contributed by atoms with Crippen LogP contribution in [0.5, 0.6) is 0 Å². The van der Waals surface area contributed by atoms with Crippen LogP contribution in [-0.2, 0) is 27.2 Å². The molecule has 0 radical (unpaired) electrons. The summed E-state index contributed by atoms with van der Waals surface area (Å²) in [7, 11) is -2.11. The molecule has 0 amide bonds. The van der Waals surface area contributed by atoms with Crippen LogP contribution in [0.15, 0.2) is 165 Å². The molecule has 13 heteroatoms. The van der Waals surface area contributed by atoms with Gasteiger partial charge in [-0.3, -0.25) is 15.0 Å². The molecule has 0 bridgehead atoms. The van der Waals surface area contributed by atoms with E-state index in [4.69, 9.17) is 15.3 Å². The summed E-state index contributed by atoms with van der Waals surface area (Å²) in [6.45, 7) is 15.6. The molecule has 3 aromatic carbocycles. The van der Waals surface area contributed by atoms with Crippen LogP contribution in [0.1, 0.15) is 48.0 Å². The molecule has 6 aromatic heterocycles. The van der Waals surface area contributed by atoms with E-state index in [0.29, 0.717) is 0 Å². The van der Waals surface area contributed by atoms with Crippen LogP contribution < -0.4 is 15.9 Å². The molecule has 0 atom stereocenters. The van der Waals surface area contributed by atoms with Gasteiger partial charge in [0.25, 0.3) is 0 Å². The molecule has 0 aliphatic rings. The van der Waals surface area contributed by atoms with E-state index >= 15 is 0 Å². The Morgan fingerprint density at radius 1 is 0.422 bits per heavy atom. The fourth-order valence-electron chi connectivity index (χ4n) is 8.29. The van der Waals surface area contributed by atoms with Gasteiger partial charge in [-0.1, -0.05) is 91.0 Å². The summed E-state index contributed by atoms with van der Waals surface area (Å²) in [5, 5.41) is 19.6. The fraction of sp³-hybridized carbons (Fsp3) is 0.157. The number of carbonyl (C=O) groups excluding carboxylic acids is 1. The van der Waals surface area contributed by atoms with Gasteiger partial charge in [0.15, 0.2) is 0 Å². The molecule has 0 N–H and O–H groups in total. The van der Waals surface area contributed by atoms with Crippen LogP contribution in [0.3, 0.4) is 0 Å². The van der Waals surface area contributed by atoms with E-state index in [1.54, 1.807) is 0 Å². The number of aryl methyl sites for hydroxylation is 3. The number of hydrogen-bond donors (Lipinski definition) is 0. The number of aromatic nitrogens is 9. The van der Waals surface area contributed by atoms with Gasteiger partial charge in [0.1, 0.15) is 5.78 Å². The van der Waals surface area contributed by atoms with Crippen molar-refractivity contribution in [2.24, 2.45) is 0 Å². The largest absolute Gasteiger partial charge is 1.00 e. The van der Waals surface area contributed by atoms with Crippen molar-refractivity contribution in [1.29, 1.82) is 0 Å². The second-order valence-corrected chi connectivity index (χ2v) is 17.7. The van der Waals surface area contributed by atoms with Gasteiger partial charge in [0, 0.05) is 71.0 Å². The smallest absolute Gasteiger partial charge is 0.400 e. The normalized spacial score (nSPS) is 10.7. The Balaban J connectivity index is 0.000000236. The predicted octanol–water partition coefficient (Wildman–Crippen LogP) is 9.01. The number of ketones is 1. The van der Waals surface area contributed by atoms with E-state index in [1.807, 2.05) is 73.6 Å². The standard InChI is InChI=1S/C30H31BN9.C18H15P.C3H6O.Ag/c1-19-28(25-7-13-32-14-8-25)22(4)38(35-19)31(39-23(5)29(20(2)36-39)26-9-15-33-16-10-26)40-24(6)30(21(3)37-40)27-11-17-34-18-12-27;1-4-10-16(11-5-1)19(17-12-6-2-7-13-17)18-14-8-3-9-15-18;1-3(2)4;/h7-18,31H,1-6H3;1-15H;1-2H3;/q-1;;;+1. The first-order valence-corrected chi connectivity index (χ1v) is 22.4. The Bertz CT molecular complexity index is 2580. The number of rotatable bonds is 9. The Kier molecular flexibility index (Phi) is 16.1. The molecular formula is C51H52AgBN9OP. The van der Waals surface area contributed by atoms with Gasteiger partial charge in [-0.05, 0) is 132 Å². The average Bonchev–Trinajstić information content (AvgIpc) is 3.89. The van der Waals surface area contributed by atoms with E-state index in [2.05, 4.69) is 161 Å². The Morgan fingerprint density at radius 2 is 0.656 bits per heavy atom. The van der Waals surface area contributed by atoms with Gasteiger partial charge in [-0.2, -0.15) is 0 Å². The van der Waals surface area contributed by atoms with Crippen LogP contribution in [-0.4, -0.2) is 56.9 Å². The SMILES string of the molecule is CC(C)=O.Cc1nn([BH-](n2nc(C)c(-c3ccncc3)c2C)n2nc(C)c(-c3ccncc3)c2C)c(C)c1-c1ccncc1.[Ag+].c1ccc(P(c2ccccc2)c2ccccc2)cc1. The van der Waals surface area contributed by atoms with Gasteiger partial charge < -0.3 is 18.6 Å². The molecule has 0 spiro atoms. The quantitative estimate of drug-likeness (QED) is 0.105. The monoisotopic (exact) mass is 955 g/mol. The van der Waals surface area contributed by atoms with Crippen LogP contribution >= 0.6 is 7.92 Å². The maximum absolute atomic E-state index is 9.44. The van der Waals surface area contributed by atoms with Crippen LogP contribution in [0.4, 0.5) is 0 Å². The minimum Gasteiger partial charge on any atom is -0.400 e. The van der Waals surface area contributed by atoms with Crippen molar-refractivity contribution >= 4 is 36.7 Å². The molecule has 9 aromatic rings. The molecule has 0 saturated heterocycles. The van der Waals surface area contributed by atoms with Gasteiger partial charge in [-0.25, -0.2) is 15.3 Å². The number of nitrogens with zero attached hydrogens (tertiary/aromatic N) is 9. The van der Waals surface area contributed by atoms with Crippen molar-refractivity contribution in [2.45, 2.75) is 55.4 Å². The first-order valence-electron chi connectivity index (χ1n) is 21.0. The number of Topliss-reactive ketones (excluding diaryl/α,β-unsaturated/α-hetero) is 1. The van der Waals surface area contributed by atoms with Crippen molar-refractivity contribution in [1.82, 2.24) is 44.0 Å². The Morgan fingerprint density at radius 3 is 0.891 bits per heavy atom. The number of benzene rings is 3. The molecule has 0 saturated carbocycles. The van der Waals surface area contributed by atoms with Crippen molar-refractivity contribution in [3.8, 4) is 33.4 Å². The molecular weight excluding hydrogens is 904 g/mol. The second kappa shape index (κ2) is 21.8. The fourth-order valence-corrected chi connectivity index (χ4v) is 10.6. The summed E-state index contributed by atoms with van der Waals surface area (Å²) >= 11 is 0. The van der Waals surface area contributed by atoms with E-state index in [0.717, 1.165) is 67.5 Å². The summed E-state index contributed by atoms with van der Waals surface area (Å²) in [6.07, 6.45) is 10.9. The van der Waals surface area contributed by atoms with E-state index < -0.39 is 15.0 Å². The van der Waals surface area contributed by atoms with Gasteiger partial charge in [0.2, 0.25) is 0 Å². The molecule has 64 heavy (non-hydrogen) atoms. The maximum Gasteiger partial charge on any atom is 1.00 e. The van der Waals surface area contributed by atoms with Crippen molar-refractivity contribution in [2.75, 3.05) is 0 Å². The third-order valence-corrected chi connectivity index (χ3v) is 13.3. The van der Waals surface area contributed by atoms with Crippen molar-refractivity contribution < 1.29 is 27.2 Å². The van der Waals surface area contributed by atoms with Gasteiger partial charge in [0.05, 0.1) is 17.1 Å². The van der Waals surface area contributed by atoms with Crippen LogP contribution in [0, 0.1) is 41.5 Å². The minimum absolute atomic E-state index is 0. The summed E-state index contributed by atoms with van der Waals surface area (Å²) in [5.74, 6) is 0.167. The third kappa shape index (κ3) is 10.5. The van der Waals surface area contributed by atoms with Gasteiger partial charge in [-0.15, -0.1) is 0 Å². The molecule has 9 rings (SSSR count). The predicted molar refractivity (Wildman–Crippen MR) is 260 cm³/mol. The maximum atomic E-state index is 9.44. The van der Waals surface area contributed by atoms with E-state index in [1.165, 1.54) is 29.8 Å². The van der Waals surface area contributed by atoms with E-state index in [9.17, 15) is 4.79 Å². The molecule has 0 unspecified atom stereocenters. The molecule has 326 valence electrons. The number of hydrogen-bond acceptors (Lipinski definition) is 7. The number of carbonyl (C=O) groups is 1. The molecule has 10 nitrogen and oxygen atoms in total. The van der Waals surface area contributed by atoms with Crippen molar-refractivity contribution in [3.63, 3.8) is 0 Å². The zero-order valence-electron chi connectivity index (χ0n) is 37.5. The summed E-state index contributed by atoms with van der Waals surface area (Å²) in [6, 6.07) is 44.5. The summed E-state index contributed by atoms with van der Waals surface area (Å²) in [5.41, 5.74) is 12.6. The van der Waals surface area contributed by atoms with Crippen LogP contribution in [0.25, 0.3) is 33.4 Å². The van der Waals surface area contributed by atoms with Crippen LogP contribution in [0.2, 0.25) is 0 Å². The van der Waals surface area contributed by atoms with Gasteiger partial charge >= 0.3 is 29.5 Å². The molecule has 6 heterocycles. The zero-order chi connectivity index (χ0) is 44.5. The molecule has 0 fully saturated rings. The summed E-state index contributed by atoms with van der Waals surface area (Å²) in [4.78, 5) is 22.1. The third-order valence-electron chi connectivity index (χ3n) is 10.9. The van der Waals surface area contributed by atoms with E-state index in [-0.39, 0.29) is 28.2 Å². The second-order valence-electron chi connectivity index (χ2n) is 15.5. The first kappa shape index (κ1) is 47.1. The topological polar surface area (TPSA) is 109 Å². The Labute approximate surface area is 393 Å². The van der Waals surface area contributed by atoms with Crippen molar-refractivity contribution in [3.05, 3.63) is 199 Å². The first-order chi connectivity index (χ1) is 30.5. The average molecular weight is 957 g/mol. The Hall–Kier alpha value is -6.35. The number of pyridine rings is 3.